The Morgan fingerprint density at radius 2 is 1.97 bits per heavy atom. The maximum absolute atomic E-state index is 12.7. The minimum atomic E-state index is -3.81. The van der Waals surface area contributed by atoms with Crippen molar-refractivity contribution < 1.29 is 17.9 Å². The van der Waals surface area contributed by atoms with E-state index in [-0.39, 0.29) is 17.0 Å². The summed E-state index contributed by atoms with van der Waals surface area (Å²) in [6.07, 6.45) is 3.97. The van der Waals surface area contributed by atoms with Crippen LogP contribution in [0.15, 0.2) is 47.4 Å². The van der Waals surface area contributed by atoms with Crippen molar-refractivity contribution >= 4 is 15.9 Å². The van der Waals surface area contributed by atoms with Crippen LogP contribution < -0.4 is 4.74 Å². The number of ether oxygens (including phenoxy) is 1. The molecule has 7 heteroatoms. The van der Waals surface area contributed by atoms with Gasteiger partial charge in [-0.2, -0.15) is 0 Å². The largest absolute Gasteiger partial charge is 0.496 e. The summed E-state index contributed by atoms with van der Waals surface area (Å²) in [7, 11) is -2.11. The third-order valence-corrected chi connectivity index (χ3v) is 7.99. The van der Waals surface area contributed by atoms with Crippen LogP contribution in [0.25, 0.3) is 0 Å². The Labute approximate surface area is 190 Å². The SMILES string of the molecule is CCCN(CC#CCN1C(=O)c2ccccc2S1(=O)=O)C1CCc2cccc(OC)c2C1. The van der Waals surface area contributed by atoms with E-state index in [4.69, 9.17) is 4.74 Å². The average Bonchev–Trinajstić information content (AvgIpc) is 3.00. The normalized spacial score (nSPS) is 18.7. The molecule has 0 N–H and O–H groups in total. The molecule has 0 saturated carbocycles. The lowest BCUT2D eigenvalue weighted by atomic mass is 9.86. The number of methoxy groups -OCH3 is 1. The maximum Gasteiger partial charge on any atom is 0.269 e. The van der Waals surface area contributed by atoms with Gasteiger partial charge in [-0.25, -0.2) is 12.7 Å². The van der Waals surface area contributed by atoms with Gasteiger partial charge in [0, 0.05) is 6.04 Å². The molecule has 6 nitrogen and oxygen atoms in total. The van der Waals surface area contributed by atoms with Crippen molar-refractivity contribution in [1.82, 2.24) is 9.21 Å². The first-order chi connectivity index (χ1) is 15.5. The first-order valence-corrected chi connectivity index (χ1v) is 12.4. The average molecular weight is 453 g/mol. The predicted molar refractivity (Wildman–Crippen MR) is 123 cm³/mol. The lowest BCUT2D eigenvalue weighted by Crippen LogP contribution is -2.40. The molecular weight excluding hydrogens is 424 g/mol. The van der Waals surface area contributed by atoms with Gasteiger partial charge in [0.2, 0.25) is 0 Å². The lowest BCUT2D eigenvalue weighted by molar-refractivity contribution is 0.0882. The van der Waals surface area contributed by atoms with Crippen molar-refractivity contribution in [1.29, 1.82) is 0 Å². The number of benzene rings is 2. The fourth-order valence-corrected chi connectivity index (χ4v) is 6.06. The monoisotopic (exact) mass is 452 g/mol. The molecule has 1 amide bonds. The summed E-state index contributed by atoms with van der Waals surface area (Å²) in [6, 6.07) is 12.9. The molecule has 0 aromatic heterocycles. The summed E-state index contributed by atoms with van der Waals surface area (Å²) in [5.74, 6) is 6.48. The van der Waals surface area contributed by atoms with Crippen LogP contribution in [0.2, 0.25) is 0 Å². The molecule has 2 aromatic carbocycles. The fraction of sp³-hybridized carbons (Fsp3) is 0.400. The fourth-order valence-electron chi connectivity index (χ4n) is 4.59. The van der Waals surface area contributed by atoms with Gasteiger partial charge < -0.3 is 4.74 Å². The molecule has 2 aromatic rings. The number of hydrogen-bond acceptors (Lipinski definition) is 5. The summed E-state index contributed by atoms with van der Waals surface area (Å²) < 4.78 is 31.8. The van der Waals surface area contributed by atoms with Gasteiger partial charge in [0.05, 0.1) is 25.8 Å². The van der Waals surface area contributed by atoms with Gasteiger partial charge >= 0.3 is 0 Å². The molecular formula is C25H28N2O4S. The lowest BCUT2D eigenvalue weighted by Gasteiger charge is -2.34. The molecule has 0 saturated heterocycles. The molecule has 1 aliphatic carbocycles. The van der Waals surface area contributed by atoms with Crippen molar-refractivity contribution in [3.05, 3.63) is 59.2 Å². The Morgan fingerprint density at radius 3 is 2.72 bits per heavy atom. The number of nitrogens with zero attached hydrogens (tertiary/aromatic N) is 2. The highest BCUT2D eigenvalue weighted by Gasteiger charge is 2.40. The van der Waals surface area contributed by atoms with E-state index < -0.39 is 15.9 Å². The van der Waals surface area contributed by atoms with Crippen molar-refractivity contribution in [3.8, 4) is 17.6 Å². The minimum Gasteiger partial charge on any atom is -0.496 e. The van der Waals surface area contributed by atoms with Gasteiger partial charge in [0.15, 0.2) is 0 Å². The molecule has 1 heterocycles. The second-order valence-corrected chi connectivity index (χ2v) is 9.96. The van der Waals surface area contributed by atoms with E-state index in [1.807, 2.05) is 12.1 Å². The Bertz CT molecular complexity index is 1170. The highest BCUT2D eigenvalue weighted by Crippen LogP contribution is 2.32. The van der Waals surface area contributed by atoms with Crippen molar-refractivity contribution in [3.63, 3.8) is 0 Å². The molecule has 32 heavy (non-hydrogen) atoms. The van der Waals surface area contributed by atoms with Gasteiger partial charge in [-0.1, -0.05) is 43.0 Å². The van der Waals surface area contributed by atoms with E-state index in [0.717, 1.165) is 42.3 Å². The van der Waals surface area contributed by atoms with Crippen molar-refractivity contribution in [2.45, 2.75) is 43.5 Å². The Hall–Kier alpha value is -2.82. The quantitative estimate of drug-likeness (QED) is 0.630. The molecule has 0 radical (unpaired) electrons. The number of hydrogen-bond donors (Lipinski definition) is 0. The van der Waals surface area contributed by atoms with Crippen molar-refractivity contribution in [2.75, 3.05) is 26.7 Å². The van der Waals surface area contributed by atoms with Crippen LogP contribution in [0.3, 0.4) is 0 Å². The van der Waals surface area contributed by atoms with Crippen LogP contribution in [0.1, 0.15) is 41.3 Å². The molecule has 168 valence electrons. The zero-order valence-electron chi connectivity index (χ0n) is 18.5. The smallest absolute Gasteiger partial charge is 0.269 e. The Morgan fingerprint density at radius 1 is 1.16 bits per heavy atom. The molecule has 1 unspecified atom stereocenters. The first-order valence-electron chi connectivity index (χ1n) is 11.0. The number of sulfonamides is 1. The second-order valence-electron chi connectivity index (χ2n) is 8.13. The molecule has 0 spiro atoms. The Balaban J connectivity index is 1.44. The van der Waals surface area contributed by atoms with Crippen LogP contribution >= 0.6 is 0 Å². The van der Waals surface area contributed by atoms with Crippen molar-refractivity contribution in [2.24, 2.45) is 0 Å². The summed E-state index contributed by atoms with van der Waals surface area (Å²) in [5, 5.41) is 0. The zero-order valence-corrected chi connectivity index (χ0v) is 19.3. The van der Waals surface area contributed by atoms with E-state index in [1.165, 1.54) is 17.2 Å². The van der Waals surface area contributed by atoms with E-state index >= 15 is 0 Å². The molecule has 2 aliphatic rings. The number of amides is 1. The molecule has 0 bridgehead atoms. The third-order valence-electron chi connectivity index (χ3n) is 6.21. The predicted octanol–water partition coefficient (Wildman–Crippen LogP) is 3.11. The number of aryl methyl sites for hydroxylation is 1. The summed E-state index contributed by atoms with van der Waals surface area (Å²) in [5.41, 5.74) is 2.84. The molecule has 0 fully saturated rings. The summed E-state index contributed by atoms with van der Waals surface area (Å²) in [6.45, 7) is 3.47. The van der Waals surface area contributed by atoms with Crippen LogP contribution in [0.4, 0.5) is 0 Å². The second kappa shape index (κ2) is 9.35. The van der Waals surface area contributed by atoms with Gasteiger partial charge in [-0.05, 0) is 61.6 Å². The standard InChI is InChI=1S/C25H28N2O4S/c1-3-15-26(20-14-13-19-9-8-11-23(31-2)22(19)18-20)16-6-7-17-27-25(28)21-10-4-5-12-24(21)32(27,29)30/h4-5,8-12,20H,3,13-18H2,1-2H3. The summed E-state index contributed by atoms with van der Waals surface area (Å²) >= 11 is 0. The van der Waals surface area contributed by atoms with E-state index in [9.17, 15) is 13.2 Å². The molecule has 1 atom stereocenters. The third kappa shape index (κ3) is 4.13. The zero-order chi connectivity index (χ0) is 22.7. The van der Waals surface area contributed by atoms with Gasteiger partial charge in [0.1, 0.15) is 10.6 Å². The molecule has 4 rings (SSSR count). The highest BCUT2D eigenvalue weighted by molar-refractivity contribution is 7.90. The van der Waals surface area contributed by atoms with E-state index in [0.29, 0.717) is 12.6 Å². The number of fused-ring (bicyclic) bond motifs is 2. The topological polar surface area (TPSA) is 66.9 Å². The highest BCUT2D eigenvalue weighted by atomic mass is 32.2. The van der Waals surface area contributed by atoms with E-state index in [1.54, 1.807) is 25.3 Å². The van der Waals surface area contributed by atoms with E-state index in [2.05, 4.69) is 29.7 Å². The Kier molecular flexibility index (Phi) is 6.54. The number of rotatable bonds is 6. The minimum absolute atomic E-state index is 0.0641. The first kappa shape index (κ1) is 22.4. The molecule has 1 aliphatic heterocycles. The number of carbonyl (C=O) groups excluding carboxylic acids is 1. The number of carbonyl (C=O) groups is 1. The maximum atomic E-state index is 12.7. The summed E-state index contributed by atoms with van der Waals surface area (Å²) in [4.78, 5) is 14.9. The van der Waals surface area contributed by atoms with Crippen LogP contribution in [0.5, 0.6) is 5.75 Å². The van der Waals surface area contributed by atoms with Crippen LogP contribution in [0, 0.1) is 11.8 Å². The van der Waals surface area contributed by atoms with Crippen LogP contribution in [-0.2, 0) is 22.9 Å². The van der Waals surface area contributed by atoms with Crippen LogP contribution in [-0.4, -0.2) is 56.3 Å². The van der Waals surface area contributed by atoms with Gasteiger partial charge in [-0.3, -0.25) is 9.69 Å². The van der Waals surface area contributed by atoms with Gasteiger partial charge in [0.25, 0.3) is 15.9 Å². The van der Waals surface area contributed by atoms with Gasteiger partial charge in [-0.15, -0.1) is 0 Å².